The summed E-state index contributed by atoms with van der Waals surface area (Å²) in [4.78, 5) is 10.6. The fraction of sp³-hybridized carbons (Fsp3) is 0.308. The first kappa shape index (κ1) is 15.2. The fourth-order valence-electron chi connectivity index (χ4n) is 1.52. The summed E-state index contributed by atoms with van der Waals surface area (Å²) in [5, 5.41) is 2.50. The van der Waals surface area contributed by atoms with Crippen molar-refractivity contribution in [3.63, 3.8) is 0 Å². The summed E-state index contributed by atoms with van der Waals surface area (Å²) in [6, 6.07) is 3.19. The molecule has 0 saturated carbocycles. The van der Waals surface area contributed by atoms with Gasteiger partial charge in [-0.15, -0.1) is 0 Å². The lowest BCUT2D eigenvalue weighted by atomic mass is 10.1. The molecule has 0 saturated heterocycles. The number of hydrogen-bond donors (Lipinski definition) is 1. The molecular formula is C13H13F4NO. The van der Waals surface area contributed by atoms with Crippen molar-refractivity contribution in [3.8, 4) is 0 Å². The van der Waals surface area contributed by atoms with E-state index < -0.39 is 17.6 Å². The molecule has 6 heteroatoms. The summed E-state index contributed by atoms with van der Waals surface area (Å²) in [5.74, 6) is -1.51. The van der Waals surface area contributed by atoms with Crippen molar-refractivity contribution >= 4 is 12.0 Å². The molecule has 0 aliphatic rings. The van der Waals surface area contributed by atoms with Crippen LogP contribution >= 0.6 is 0 Å². The van der Waals surface area contributed by atoms with Crippen molar-refractivity contribution in [2.45, 2.75) is 19.5 Å². The first-order valence-electron chi connectivity index (χ1n) is 5.59. The van der Waals surface area contributed by atoms with Crippen LogP contribution < -0.4 is 5.32 Å². The molecule has 0 radical (unpaired) electrons. The Bertz CT molecular complexity index is 480. The molecule has 0 spiro atoms. The summed E-state index contributed by atoms with van der Waals surface area (Å²) in [7, 11) is 0. The number of nitrogens with one attached hydrogen (secondary N) is 1. The molecule has 1 rings (SSSR count). The highest BCUT2D eigenvalue weighted by Gasteiger charge is 2.35. The predicted molar refractivity (Wildman–Crippen MR) is 63.7 cm³/mol. The van der Waals surface area contributed by atoms with Gasteiger partial charge in [-0.1, -0.05) is 24.3 Å². The third kappa shape index (κ3) is 4.73. The van der Waals surface area contributed by atoms with Gasteiger partial charge in [-0.2, -0.15) is 13.2 Å². The minimum absolute atomic E-state index is 0.213. The number of carbonyl (C=O) groups excluding carboxylic acids is 1. The molecule has 1 aromatic rings. The lowest BCUT2D eigenvalue weighted by molar-refractivity contribution is -0.140. The third-order valence-corrected chi connectivity index (χ3v) is 2.31. The molecule has 0 atom stereocenters. The maximum absolute atomic E-state index is 13.2. The maximum atomic E-state index is 13.2. The van der Waals surface area contributed by atoms with Gasteiger partial charge in [0.1, 0.15) is 5.82 Å². The number of alkyl halides is 3. The molecule has 0 heterocycles. The van der Waals surface area contributed by atoms with Crippen LogP contribution in [0.1, 0.15) is 24.5 Å². The molecule has 0 unspecified atom stereocenters. The van der Waals surface area contributed by atoms with E-state index >= 15 is 0 Å². The van der Waals surface area contributed by atoms with Gasteiger partial charge >= 0.3 is 6.18 Å². The van der Waals surface area contributed by atoms with Gasteiger partial charge in [0.05, 0.1) is 5.56 Å². The second-order valence-corrected chi connectivity index (χ2v) is 3.88. The molecule has 2 nitrogen and oxygen atoms in total. The van der Waals surface area contributed by atoms with Crippen molar-refractivity contribution in [1.29, 1.82) is 0 Å². The second kappa shape index (κ2) is 6.36. The van der Waals surface area contributed by atoms with Gasteiger partial charge < -0.3 is 5.32 Å². The van der Waals surface area contributed by atoms with E-state index in [1.807, 2.05) is 0 Å². The quantitative estimate of drug-likeness (QED) is 0.662. The third-order valence-electron chi connectivity index (χ3n) is 2.31. The van der Waals surface area contributed by atoms with E-state index in [0.717, 1.165) is 6.07 Å². The van der Waals surface area contributed by atoms with Crippen molar-refractivity contribution in [1.82, 2.24) is 5.32 Å². The average molecular weight is 275 g/mol. The zero-order valence-corrected chi connectivity index (χ0v) is 10.2. The zero-order chi connectivity index (χ0) is 14.5. The summed E-state index contributed by atoms with van der Waals surface area (Å²) in [6.45, 7) is 1.67. The Balaban J connectivity index is 2.81. The Morgan fingerprint density at radius 3 is 2.63 bits per heavy atom. The second-order valence-electron chi connectivity index (χ2n) is 3.88. The van der Waals surface area contributed by atoms with E-state index in [-0.39, 0.29) is 11.5 Å². The molecule has 1 aromatic carbocycles. The van der Waals surface area contributed by atoms with Gasteiger partial charge in [0.15, 0.2) is 0 Å². The number of halogens is 4. The summed E-state index contributed by atoms with van der Waals surface area (Å²) in [6.07, 6.45) is -1.70. The highest BCUT2D eigenvalue weighted by molar-refractivity contribution is 5.72. The topological polar surface area (TPSA) is 29.1 Å². The summed E-state index contributed by atoms with van der Waals surface area (Å²) < 4.78 is 51.2. The minimum Gasteiger partial charge on any atom is -0.356 e. The van der Waals surface area contributed by atoms with Crippen LogP contribution in [0.2, 0.25) is 0 Å². The van der Waals surface area contributed by atoms with E-state index in [4.69, 9.17) is 0 Å². The lowest BCUT2D eigenvalue weighted by Gasteiger charge is -2.11. The Kier molecular flexibility index (Phi) is 5.09. The first-order chi connectivity index (χ1) is 8.82. The van der Waals surface area contributed by atoms with Gasteiger partial charge in [0.25, 0.3) is 0 Å². The highest BCUT2D eigenvalue weighted by Crippen LogP contribution is 2.34. The molecule has 0 aliphatic carbocycles. The molecule has 104 valence electrons. The van der Waals surface area contributed by atoms with Crippen LogP contribution in [0.25, 0.3) is 6.08 Å². The van der Waals surface area contributed by atoms with E-state index in [1.54, 1.807) is 0 Å². The van der Waals surface area contributed by atoms with Gasteiger partial charge in [-0.05, 0) is 18.1 Å². The van der Waals surface area contributed by atoms with Crippen LogP contribution in [0, 0.1) is 5.82 Å². The molecule has 0 aromatic heterocycles. The zero-order valence-electron chi connectivity index (χ0n) is 10.2. The Labute approximate surface area is 108 Å². The standard InChI is InChI=1S/C13H13F4NO/c1-9(19)18-8-3-2-5-10-6-4-7-11(14)12(10)13(15,16)17/h2,4-7H,3,8H2,1H3,(H,18,19). The molecule has 1 N–H and O–H groups in total. The number of benzene rings is 1. The number of amides is 1. The smallest absolute Gasteiger partial charge is 0.356 e. The van der Waals surface area contributed by atoms with Crippen LogP contribution in [0.4, 0.5) is 17.6 Å². The SMILES string of the molecule is CC(=O)NCCC=Cc1cccc(F)c1C(F)(F)F. The molecule has 0 bridgehead atoms. The Morgan fingerprint density at radius 2 is 2.05 bits per heavy atom. The van der Waals surface area contributed by atoms with Crippen LogP contribution in [-0.4, -0.2) is 12.5 Å². The number of hydrogen-bond acceptors (Lipinski definition) is 1. The van der Waals surface area contributed by atoms with E-state index in [0.29, 0.717) is 13.0 Å². The normalized spacial score (nSPS) is 11.8. The molecule has 1 amide bonds. The molecular weight excluding hydrogens is 262 g/mol. The number of rotatable bonds is 4. The van der Waals surface area contributed by atoms with Crippen molar-refractivity contribution < 1.29 is 22.4 Å². The monoisotopic (exact) mass is 275 g/mol. The summed E-state index contributed by atoms with van der Waals surface area (Å²) in [5.41, 5.74) is -1.50. The van der Waals surface area contributed by atoms with E-state index in [2.05, 4.69) is 5.32 Å². The van der Waals surface area contributed by atoms with Crippen molar-refractivity contribution in [2.24, 2.45) is 0 Å². The summed E-state index contributed by atoms with van der Waals surface area (Å²) >= 11 is 0. The highest BCUT2D eigenvalue weighted by atomic mass is 19.4. The van der Waals surface area contributed by atoms with Crippen LogP contribution in [0.15, 0.2) is 24.3 Å². The maximum Gasteiger partial charge on any atom is 0.419 e. The van der Waals surface area contributed by atoms with Crippen LogP contribution in [0.5, 0.6) is 0 Å². The predicted octanol–water partition coefficient (Wildman–Crippen LogP) is 3.38. The van der Waals surface area contributed by atoms with Crippen LogP contribution in [-0.2, 0) is 11.0 Å². The van der Waals surface area contributed by atoms with E-state index in [9.17, 15) is 22.4 Å². The Hall–Kier alpha value is -1.85. The molecule has 0 aliphatic heterocycles. The van der Waals surface area contributed by atoms with E-state index in [1.165, 1.54) is 31.2 Å². The molecule has 0 fully saturated rings. The first-order valence-corrected chi connectivity index (χ1v) is 5.59. The van der Waals surface area contributed by atoms with Gasteiger partial charge in [-0.3, -0.25) is 4.79 Å². The Morgan fingerprint density at radius 1 is 1.37 bits per heavy atom. The van der Waals surface area contributed by atoms with Gasteiger partial charge in [-0.25, -0.2) is 4.39 Å². The average Bonchev–Trinajstić information content (AvgIpc) is 2.26. The van der Waals surface area contributed by atoms with Gasteiger partial charge in [0, 0.05) is 13.5 Å². The van der Waals surface area contributed by atoms with Gasteiger partial charge in [0.2, 0.25) is 5.91 Å². The fourth-order valence-corrected chi connectivity index (χ4v) is 1.52. The van der Waals surface area contributed by atoms with Crippen LogP contribution in [0.3, 0.4) is 0 Å². The lowest BCUT2D eigenvalue weighted by Crippen LogP contribution is -2.20. The minimum atomic E-state index is -4.73. The molecule has 19 heavy (non-hydrogen) atoms. The largest absolute Gasteiger partial charge is 0.419 e. The van der Waals surface area contributed by atoms with Crippen molar-refractivity contribution in [3.05, 3.63) is 41.2 Å². The number of carbonyl (C=O) groups is 1. The van der Waals surface area contributed by atoms with Crippen molar-refractivity contribution in [2.75, 3.05) is 6.54 Å².